The summed E-state index contributed by atoms with van der Waals surface area (Å²) in [6.45, 7) is 7.84. The number of fused-ring (bicyclic) bond motifs is 1. The molecule has 0 saturated carbocycles. The number of carbonyl (C=O) groups is 1. The normalized spacial score (nSPS) is 14.2. The zero-order valence-electron chi connectivity index (χ0n) is 16.7. The Kier molecular flexibility index (Phi) is 5.41. The molecule has 1 N–H and O–H groups in total. The average Bonchev–Trinajstić information content (AvgIpc) is 2.76. The smallest absolute Gasteiger partial charge is 0.324 e. The minimum Gasteiger partial charge on any atom is -0.324 e. The number of hydrogen-bond acceptors (Lipinski definition) is 2. The van der Waals surface area contributed by atoms with E-state index in [0.717, 1.165) is 17.2 Å². The van der Waals surface area contributed by atoms with Gasteiger partial charge < -0.3 is 5.32 Å². The molecular formula is C22H21F3N2OSi. The molecule has 2 aromatic carbocycles. The maximum atomic E-state index is 13.2. The molecule has 0 aromatic heterocycles. The molecule has 7 heteroatoms. The van der Waals surface area contributed by atoms with Crippen molar-refractivity contribution >= 4 is 31.1 Å². The van der Waals surface area contributed by atoms with Gasteiger partial charge in [0.25, 0.3) is 0 Å². The third-order valence-electron chi connectivity index (χ3n) is 4.28. The molecule has 150 valence electrons. The van der Waals surface area contributed by atoms with Crippen molar-refractivity contribution in [1.29, 1.82) is 0 Å². The lowest BCUT2D eigenvalue weighted by atomic mass is 10.0. The fourth-order valence-corrected chi connectivity index (χ4v) is 3.44. The molecule has 0 saturated heterocycles. The van der Waals surface area contributed by atoms with Crippen molar-refractivity contribution in [2.45, 2.75) is 39.2 Å². The summed E-state index contributed by atoms with van der Waals surface area (Å²) in [5.41, 5.74) is 5.01. The number of rotatable bonds is 1. The second kappa shape index (κ2) is 7.52. The molecular weight excluding hydrogens is 393 g/mol. The number of halogens is 3. The van der Waals surface area contributed by atoms with Gasteiger partial charge in [0, 0.05) is 5.56 Å². The molecule has 29 heavy (non-hydrogen) atoms. The number of aliphatic imine (C=N–C) groups is 1. The molecule has 2 aromatic rings. The Bertz CT molecular complexity index is 1070. The molecule has 1 heterocycles. The van der Waals surface area contributed by atoms with Crippen molar-refractivity contribution in [3.63, 3.8) is 0 Å². The molecule has 0 atom stereocenters. The van der Waals surface area contributed by atoms with Crippen molar-refractivity contribution in [3.8, 4) is 11.5 Å². The Hall–Kier alpha value is -2.85. The van der Waals surface area contributed by atoms with Gasteiger partial charge in [-0.25, -0.2) is 0 Å². The highest BCUT2D eigenvalue weighted by molar-refractivity contribution is 6.83. The summed E-state index contributed by atoms with van der Waals surface area (Å²) in [7, 11) is -1.54. The third kappa shape index (κ3) is 5.15. The number of carbonyl (C=O) groups excluding carboxylic acids is 1. The predicted octanol–water partition coefficient (Wildman–Crippen LogP) is 5.71. The number of nitrogens with zero attached hydrogens (tertiary/aromatic N) is 1. The zero-order valence-corrected chi connectivity index (χ0v) is 17.7. The minimum absolute atomic E-state index is 0.0278. The van der Waals surface area contributed by atoms with Gasteiger partial charge in [0.05, 0.1) is 29.1 Å². The maximum Gasteiger partial charge on any atom is 0.416 e. The number of hydrogen-bond donors (Lipinski definition) is 1. The van der Waals surface area contributed by atoms with Gasteiger partial charge >= 0.3 is 6.18 Å². The van der Waals surface area contributed by atoms with E-state index in [9.17, 15) is 18.0 Å². The summed E-state index contributed by atoms with van der Waals surface area (Å²) in [6.07, 6.45) is -4.52. The van der Waals surface area contributed by atoms with Crippen molar-refractivity contribution in [2.24, 2.45) is 4.99 Å². The molecule has 1 amide bonds. The first-order chi connectivity index (χ1) is 13.4. The van der Waals surface area contributed by atoms with Gasteiger partial charge in [0.2, 0.25) is 5.91 Å². The molecule has 0 bridgehead atoms. The van der Waals surface area contributed by atoms with Gasteiger partial charge in [-0.2, -0.15) is 13.2 Å². The third-order valence-corrected chi connectivity index (χ3v) is 5.16. The predicted molar refractivity (Wildman–Crippen MR) is 112 cm³/mol. The van der Waals surface area contributed by atoms with Crippen LogP contribution >= 0.6 is 0 Å². The van der Waals surface area contributed by atoms with Crippen molar-refractivity contribution in [2.75, 3.05) is 5.32 Å². The topological polar surface area (TPSA) is 41.5 Å². The van der Waals surface area contributed by atoms with E-state index < -0.39 is 25.7 Å². The van der Waals surface area contributed by atoms with E-state index >= 15 is 0 Å². The number of alkyl halides is 3. The maximum absolute atomic E-state index is 13.2. The van der Waals surface area contributed by atoms with Crippen LogP contribution in [0.4, 0.5) is 24.5 Å². The van der Waals surface area contributed by atoms with E-state index in [-0.39, 0.29) is 17.7 Å². The van der Waals surface area contributed by atoms with Crippen molar-refractivity contribution in [1.82, 2.24) is 0 Å². The van der Waals surface area contributed by atoms with Gasteiger partial charge in [0.1, 0.15) is 8.07 Å². The lowest BCUT2D eigenvalue weighted by Crippen LogP contribution is -2.16. The van der Waals surface area contributed by atoms with Crippen LogP contribution in [0.1, 0.15) is 28.7 Å². The summed E-state index contributed by atoms with van der Waals surface area (Å²) >= 11 is 0. The van der Waals surface area contributed by atoms with Gasteiger partial charge in [0.15, 0.2) is 0 Å². The molecule has 0 radical (unpaired) electrons. The monoisotopic (exact) mass is 414 g/mol. The molecule has 0 spiro atoms. The molecule has 3 rings (SSSR count). The Balaban J connectivity index is 2.07. The van der Waals surface area contributed by atoms with Crippen LogP contribution in [0.2, 0.25) is 19.6 Å². The number of amides is 1. The largest absolute Gasteiger partial charge is 0.416 e. The fourth-order valence-electron chi connectivity index (χ4n) is 2.92. The Morgan fingerprint density at radius 2 is 1.86 bits per heavy atom. The van der Waals surface area contributed by atoms with Gasteiger partial charge in [-0.3, -0.25) is 9.79 Å². The molecule has 0 aliphatic carbocycles. The highest BCUT2D eigenvalue weighted by atomic mass is 28.3. The average molecular weight is 415 g/mol. The number of anilines is 1. The van der Waals surface area contributed by atoms with Crippen LogP contribution in [-0.2, 0) is 11.0 Å². The standard InChI is InChI=1S/C22H21F3N2OSi/c1-14-10-19-20(12-17(14)22(23,24)25)27-21(28)13-18(26-19)16-7-5-6-15(11-16)8-9-29(2,3)4/h5-7,10-12H,13H2,1-4H3,(H,27,28). The Morgan fingerprint density at radius 1 is 1.14 bits per heavy atom. The first-order valence-corrected chi connectivity index (χ1v) is 12.7. The first-order valence-electron chi connectivity index (χ1n) is 9.15. The lowest BCUT2D eigenvalue weighted by molar-refractivity contribution is -0.138. The van der Waals surface area contributed by atoms with Crippen LogP contribution in [0.25, 0.3) is 0 Å². The van der Waals surface area contributed by atoms with Crippen LogP contribution in [-0.4, -0.2) is 19.7 Å². The summed E-state index contributed by atoms with van der Waals surface area (Å²) in [4.78, 5) is 16.8. The summed E-state index contributed by atoms with van der Waals surface area (Å²) in [6, 6.07) is 9.73. The van der Waals surface area contributed by atoms with Crippen LogP contribution in [0.5, 0.6) is 0 Å². The van der Waals surface area contributed by atoms with Crippen LogP contribution < -0.4 is 5.32 Å². The molecule has 3 nitrogen and oxygen atoms in total. The second-order valence-corrected chi connectivity index (χ2v) is 12.8. The second-order valence-electron chi connectivity index (χ2n) is 8.05. The molecule has 1 aliphatic rings. The zero-order chi connectivity index (χ0) is 21.4. The van der Waals surface area contributed by atoms with Crippen LogP contribution in [0.15, 0.2) is 41.4 Å². The SMILES string of the molecule is Cc1cc2c(cc1C(F)(F)F)NC(=O)CC(c1cccc(C#C[Si](C)(C)C)c1)=N2. The minimum atomic E-state index is -4.49. The van der Waals surface area contributed by atoms with Crippen molar-refractivity contribution < 1.29 is 18.0 Å². The van der Waals surface area contributed by atoms with E-state index in [1.54, 1.807) is 0 Å². The summed E-state index contributed by atoms with van der Waals surface area (Å²) in [5, 5.41) is 2.55. The Labute approximate surface area is 169 Å². The van der Waals surface area contributed by atoms with E-state index in [4.69, 9.17) is 0 Å². The number of benzene rings is 2. The summed E-state index contributed by atoms with van der Waals surface area (Å²) < 4.78 is 39.6. The van der Waals surface area contributed by atoms with Gasteiger partial charge in [-0.1, -0.05) is 37.7 Å². The van der Waals surface area contributed by atoms with E-state index in [1.807, 2.05) is 24.3 Å². The van der Waals surface area contributed by atoms with Gasteiger partial charge in [-0.15, -0.1) is 5.54 Å². The van der Waals surface area contributed by atoms with Crippen molar-refractivity contribution in [3.05, 3.63) is 58.7 Å². The first kappa shape index (κ1) is 20.9. The Morgan fingerprint density at radius 3 is 2.52 bits per heavy atom. The van der Waals surface area contributed by atoms with Gasteiger partial charge in [-0.05, 0) is 42.3 Å². The summed E-state index contributed by atoms with van der Waals surface area (Å²) in [5.74, 6) is 2.77. The number of aryl methyl sites for hydroxylation is 1. The van der Waals surface area contributed by atoms with E-state index in [1.165, 1.54) is 13.0 Å². The van der Waals surface area contributed by atoms with Crippen LogP contribution in [0, 0.1) is 18.4 Å². The highest BCUT2D eigenvalue weighted by Crippen LogP contribution is 2.39. The number of nitrogens with one attached hydrogen (secondary N) is 1. The van der Waals surface area contributed by atoms with E-state index in [2.05, 4.69) is 41.4 Å². The van der Waals surface area contributed by atoms with Crippen LogP contribution in [0.3, 0.4) is 0 Å². The molecule has 1 aliphatic heterocycles. The lowest BCUT2D eigenvalue weighted by Gasteiger charge is -2.13. The molecule has 0 unspecified atom stereocenters. The fraction of sp³-hybridized carbons (Fsp3) is 0.273. The molecule has 0 fully saturated rings. The quantitative estimate of drug-likeness (QED) is 0.472. The van der Waals surface area contributed by atoms with E-state index in [0.29, 0.717) is 11.4 Å². The highest BCUT2D eigenvalue weighted by Gasteiger charge is 2.34.